The Balaban J connectivity index is 2.70. The average Bonchev–Trinajstić information content (AvgIpc) is 2.28. The summed E-state index contributed by atoms with van der Waals surface area (Å²) in [4.78, 5) is 10.7. The molecule has 0 aliphatic rings. The van der Waals surface area contributed by atoms with Crippen molar-refractivity contribution in [3.63, 3.8) is 0 Å². The molecular weight excluding hydrogens is 341 g/mol. The van der Waals surface area contributed by atoms with Gasteiger partial charge in [0.15, 0.2) is 5.12 Å². The van der Waals surface area contributed by atoms with Crippen LogP contribution in [-0.2, 0) is 11.0 Å². The molecule has 19 heavy (non-hydrogen) atoms. The predicted molar refractivity (Wildman–Crippen MR) is 75.9 cm³/mol. The Kier molecular flexibility index (Phi) is 6.13. The lowest BCUT2D eigenvalue weighted by Crippen LogP contribution is -2.06. The molecule has 0 saturated carbocycles. The first-order valence-corrected chi connectivity index (χ1v) is 7.25. The SMILES string of the molecule is CC(=O)SCCC=Cc1ccc(Br)c(C(F)(F)F)c1. The highest BCUT2D eigenvalue weighted by atomic mass is 79.9. The van der Waals surface area contributed by atoms with Crippen molar-refractivity contribution in [1.82, 2.24) is 0 Å². The molecule has 0 unspecified atom stereocenters. The summed E-state index contributed by atoms with van der Waals surface area (Å²) in [5.74, 6) is 0.633. The maximum atomic E-state index is 12.7. The van der Waals surface area contributed by atoms with E-state index in [0.29, 0.717) is 17.7 Å². The maximum absolute atomic E-state index is 12.7. The van der Waals surface area contributed by atoms with Crippen LogP contribution in [0.4, 0.5) is 13.2 Å². The Bertz CT molecular complexity index is 483. The fraction of sp³-hybridized carbons (Fsp3) is 0.308. The zero-order chi connectivity index (χ0) is 14.5. The molecule has 0 N–H and O–H groups in total. The molecule has 0 radical (unpaired) electrons. The third-order valence-electron chi connectivity index (χ3n) is 2.20. The van der Waals surface area contributed by atoms with E-state index in [1.807, 2.05) is 0 Å². The molecule has 1 nitrogen and oxygen atoms in total. The first-order valence-electron chi connectivity index (χ1n) is 5.47. The first kappa shape index (κ1) is 16.3. The number of benzene rings is 1. The van der Waals surface area contributed by atoms with Gasteiger partial charge in [-0.15, -0.1) is 0 Å². The molecule has 0 heterocycles. The van der Waals surface area contributed by atoms with Crippen molar-refractivity contribution in [1.29, 1.82) is 0 Å². The molecule has 0 aliphatic carbocycles. The molecule has 0 saturated heterocycles. The molecule has 0 fully saturated rings. The third-order valence-corrected chi connectivity index (χ3v) is 3.73. The van der Waals surface area contributed by atoms with Crippen LogP contribution in [0, 0.1) is 0 Å². The molecule has 0 aromatic heterocycles. The summed E-state index contributed by atoms with van der Waals surface area (Å²) in [5, 5.41) is 0.0383. The summed E-state index contributed by atoms with van der Waals surface area (Å²) in [6, 6.07) is 4.08. The van der Waals surface area contributed by atoms with Crippen molar-refractivity contribution in [2.75, 3.05) is 5.75 Å². The molecule has 0 spiro atoms. The molecule has 6 heteroatoms. The molecule has 1 aromatic carbocycles. The van der Waals surface area contributed by atoms with Crippen molar-refractivity contribution in [3.05, 3.63) is 39.9 Å². The van der Waals surface area contributed by atoms with Crippen molar-refractivity contribution in [3.8, 4) is 0 Å². The molecule has 104 valence electrons. The second-order valence-corrected chi connectivity index (χ2v) is 5.89. The van der Waals surface area contributed by atoms with Crippen molar-refractivity contribution in [2.45, 2.75) is 19.5 Å². The van der Waals surface area contributed by atoms with Crippen molar-refractivity contribution in [2.24, 2.45) is 0 Å². The van der Waals surface area contributed by atoms with Gasteiger partial charge in [-0.05, 0) is 24.1 Å². The van der Waals surface area contributed by atoms with E-state index in [1.165, 1.54) is 24.8 Å². The number of thioether (sulfide) groups is 1. The Labute approximate surface area is 122 Å². The van der Waals surface area contributed by atoms with Crippen LogP contribution in [0.1, 0.15) is 24.5 Å². The molecule has 1 rings (SSSR count). The van der Waals surface area contributed by atoms with Crippen LogP contribution in [0.15, 0.2) is 28.7 Å². The van der Waals surface area contributed by atoms with Gasteiger partial charge in [0, 0.05) is 17.1 Å². The highest BCUT2D eigenvalue weighted by Gasteiger charge is 2.32. The van der Waals surface area contributed by atoms with Crippen LogP contribution in [-0.4, -0.2) is 10.9 Å². The number of hydrogen-bond donors (Lipinski definition) is 0. The minimum absolute atomic E-state index is 0.0317. The van der Waals surface area contributed by atoms with E-state index in [-0.39, 0.29) is 9.59 Å². The van der Waals surface area contributed by atoms with Gasteiger partial charge < -0.3 is 0 Å². The quantitative estimate of drug-likeness (QED) is 0.697. The van der Waals surface area contributed by atoms with Gasteiger partial charge in [0.1, 0.15) is 0 Å². The van der Waals surface area contributed by atoms with E-state index in [4.69, 9.17) is 0 Å². The Morgan fingerprint density at radius 3 is 2.68 bits per heavy atom. The fourth-order valence-corrected chi connectivity index (χ4v) is 2.37. The fourth-order valence-electron chi connectivity index (χ4n) is 1.35. The van der Waals surface area contributed by atoms with Crippen LogP contribution in [0.25, 0.3) is 6.08 Å². The maximum Gasteiger partial charge on any atom is 0.417 e. The van der Waals surface area contributed by atoms with Gasteiger partial charge in [-0.1, -0.05) is 45.9 Å². The van der Waals surface area contributed by atoms with Crippen LogP contribution in [0.5, 0.6) is 0 Å². The molecule has 0 amide bonds. The lowest BCUT2D eigenvalue weighted by molar-refractivity contribution is -0.138. The second kappa shape index (κ2) is 7.14. The molecule has 0 atom stereocenters. The molecule has 1 aromatic rings. The minimum atomic E-state index is -4.37. The topological polar surface area (TPSA) is 17.1 Å². The minimum Gasteiger partial charge on any atom is -0.288 e. The average molecular weight is 353 g/mol. The Morgan fingerprint density at radius 2 is 2.11 bits per heavy atom. The number of rotatable bonds is 4. The smallest absolute Gasteiger partial charge is 0.288 e. The van der Waals surface area contributed by atoms with Crippen LogP contribution >= 0.6 is 27.7 Å². The summed E-state index contributed by atoms with van der Waals surface area (Å²) < 4.78 is 38.0. The summed E-state index contributed by atoms with van der Waals surface area (Å²) in [6.45, 7) is 1.48. The van der Waals surface area contributed by atoms with Gasteiger partial charge in [-0.2, -0.15) is 13.2 Å². The van der Waals surface area contributed by atoms with Crippen LogP contribution < -0.4 is 0 Å². The summed E-state index contributed by atoms with van der Waals surface area (Å²) >= 11 is 4.09. The van der Waals surface area contributed by atoms with Crippen molar-refractivity contribution < 1.29 is 18.0 Å². The number of halogens is 4. The zero-order valence-corrected chi connectivity index (χ0v) is 12.5. The molecule has 0 aliphatic heterocycles. The van der Waals surface area contributed by atoms with Gasteiger partial charge in [0.05, 0.1) is 5.56 Å². The van der Waals surface area contributed by atoms with E-state index in [0.717, 1.165) is 6.07 Å². The number of carbonyl (C=O) groups is 1. The Hall–Kier alpha value is -0.750. The summed E-state index contributed by atoms with van der Waals surface area (Å²) in [6.07, 6.45) is -0.337. The Morgan fingerprint density at radius 1 is 1.42 bits per heavy atom. The van der Waals surface area contributed by atoms with Gasteiger partial charge >= 0.3 is 6.18 Å². The number of hydrogen-bond acceptors (Lipinski definition) is 2. The zero-order valence-electron chi connectivity index (χ0n) is 10.1. The number of carbonyl (C=O) groups excluding carboxylic acids is 1. The first-order chi connectivity index (χ1) is 8.80. The van der Waals surface area contributed by atoms with Gasteiger partial charge in [-0.3, -0.25) is 4.79 Å². The van der Waals surface area contributed by atoms with Crippen molar-refractivity contribution >= 4 is 38.9 Å². The van der Waals surface area contributed by atoms with Gasteiger partial charge in [0.2, 0.25) is 0 Å². The predicted octanol–water partition coefficient (Wildman–Crippen LogP) is 5.15. The number of allylic oxidation sites excluding steroid dienone is 1. The van der Waals surface area contributed by atoms with E-state index in [9.17, 15) is 18.0 Å². The second-order valence-electron chi connectivity index (χ2n) is 3.77. The highest BCUT2D eigenvalue weighted by Crippen LogP contribution is 2.35. The molecular formula is C13H12BrF3OS. The van der Waals surface area contributed by atoms with E-state index < -0.39 is 11.7 Å². The lowest BCUT2D eigenvalue weighted by Gasteiger charge is -2.09. The molecule has 0 bridgehead atoms. The third kappa shape index (κ3) is 5.82. The van der Waals surface area contributed by atoms with E-state index in [2.05, 4.69) is 15.9 Å². The van der Waals surface area contributed by atoms with Gasteiger partial charge in [0.25, 0.3) is 0 Å². The monoisotopic (exact) mass is 352 g/mol. The number of alkyl halides is 3. The summed E-state index contributed by atoms with van der Waals surface area (Å²) in [5.41, 5.74) is -0.198. The highest BCUT2D eigenvalue weighted by molar-refractivity contribution is 9.10. The standard InChI is InChI=1S/C13H12BrF3OS/c1-9(18)19-7-3-2-4-10-5-6-12(14)11(8-10)13(15,16)17/h2,4-6,8H,3,7H2,1H3. The lowest BCUT2D eigenvalue weighted by atomic mass is 10.1. The largest absolute Gasteiger partial charge is 0.417 e. The summed E-state index contributed by atoms with van der Waals surface area (Å²) in [7, 11) is 0. The van der Waals surface area contributed by atoms with Crippen LogP contribution in [0.3, 0.4) is 0 Å². The van der Waals surface area contributed by atoms with E-state index >= 15 is 0 Å². The van der Waals surface area contributed by atoms with Gasteiger partial charge in [-0.25, -0.2) is 0 Å². The normalized spacial score (nSPS) is 12.1. The van der Waals surface area contributed by atoms with Crippen LogP contribution in [0.2, 0.25) is 0 Å². The van der Waals surface area contributed by atoms with E-state index in [1.54, 1.807) is 18.2 Å².